The molecule has 2 fully saturated rings. The van der Waals surface area contributed by atoms with Crippen molar-refractivity contribution in [3.8, 4) is 0 Å². The molecule has 0 spiro atoms. The van der Waals surface area contributed by atoms with Crippen molar-refractivity contribution in [3.05, 3.63) is 35.4 Å². The third-order valence-electron chi connectivity index (χ3n) is 4.86. The minimum absolute atomic E-state index is 0.171. The van der Waals surface area contributed by atoms with E-state index in [1.165, 1.54) is 5.56 Å². The Labute approximate surface area is 132 Å². The number of benzene rings is 1. The molecule has 120 valence electrons. The average molecular weight is 303 g/mol. The molecule has 4 nitrogen and oxygen atoms in total. The minimum Gasteiger partial charge on any atom is -0.381 e. The SMILES string of the molecule is CO[C@H]1CC[C@@H]2OCCN(C(=O)Cc3cccc(C)c3)[C@@H]2C1. The molecule has 3 atom stereocenters. The normalized spacial score (nSPS) is 28.3. The number of nitrogens with zero attached hydrogens (tertiary/aromatic N) is 1. The van der Waals surface area contributed by atoms with Crippen LogP contribution >= 0.6 is 0 Å². The molecule has 3 rings (SSSR count). The second-order valence-electron chi connectivity index (χ2n) is 6.40. The van der Waals surface area contributed by atoms with Crippen LogP contribution in [0.25, 0.3) is 0 Å². The summed E-state index contributed by atoms with van der Waals surface area (Å²) in [5.74, 6) is 0.209. The summed E-state index contributed by atoms with van der Waals surface area (Å²) in [5, 5.41) is 0. The minimum atomic E-state index is 0.171. The Morgan fingerprint density at radius 3 is 3.05 bits per heavy atom. The van der Waals surface area contributed by atoms with E-state index in [1.54, 1.807) is 7.11 Å². The summed E-state index contributed by atoms with van der Waals surface area (Å²) < 4.78 is 11.4. The molecule has 1 aromatic carbocycles. The summed E-state index contributed by atoms with van der Waals surface area (Å²) in [6, 6.07) is 8.37. The molecule has 1 saturated carbocycles. The van der Waals surface area contributed by atoms with Gasteiger partial charge in [0.1, 0.15) is 0 Å². The Balaban J connectivity index is 1.70. The van der Waals surface area contributed by atoms with E-state index in [9.17, 15) is 4.79 Å². The number of fused-ring (bicyclic) bond motifs is 1. The molecule has 1 aromatic rings. The predicted octanol–water partition coefficient (Wildman–Crippen LogP) is 2.33. The van der Waals surface area contributed by atoms with Gasteiger partial charge in [-0.3, -0.25) is 4.79 Å². The average Bonchev–Trinajstić information content (AvgIpc) is 2.53. The first-order valence-electron chi connectivity index (χ1n) is 8.17. The lowest BCUT2D eigenvalue weighted by Crippen LogP contribution is -2.57. The summed E-state index contributed by atoms with van der Waals surface area (Å²) in [7, 11) is 1.76. The Kier molecular flexibility index (Phi) is 4.79. The first-order chi connectivity index (χ1) is 10.7. The molecule has 1 aliphatic heterocycles. The fourth-order valence-electron chi connectivity index (χ4n) is 3.69. The number of hydrogen-bond donors (Lipinski definition) is 0. The van der Waals surface area contributed by atoms with E-state index >= 15 is 0 Å². The molecule has 0 unspecified atom stereocenters. The molecule has 22 heavy (non-hydrogen) atoms. The van der Waals surface area contributed by atoms with E-state index in [0.29, 0.717) is 19.6 Å². The van der Waals surface area contributed by atoms with E-state index in [4.69, 9.17) is 9.47 Å². The largest absolute Gasteiger partial charge is 0.381 e. The van der Waals surface area contributed by atoms with Gasteiger partial charge in [-0.2, -0.15) is 0 Å². The maximum atomic E-state index is 12.8. The van der Waals surface area contributed by atoms with Crippen LogP contribution in [0.15, 0.2) is 24.3 Å². The van der Waals surface area contributed by atoms with Gasteiger partial charge in [0.2, 0.25) is 5.91 Å². The zero-order chi connectivity index (χ0) is 15.5. The molecule has 4 heteroatoms. The second kappa shape index (κ2) is 6.80. The smallest absolute Gasteiger partial charge is 0.227 e. The molecule has 1 saturated heterocycles. The fraction of sp³-hybridized carbons (Fsp3) is 0.611. The molecular weight excluding hydrogens is 278 g/mol. The van der Waals surface area contributed by atoms with Crippen molar-refractivity contribution in [2.24, 2.45) is 0 Å². The first kappa shape index (κ1) is 15.5. The van der Waals surface area contributed by atoms with Crippen molar-refractivity contribution in [1.82, 2.24) is 4.90 Å². The van der Waals surface area contributed by atoms with Crippen LogP contribution in [0.4, 0.5) is 0 Å². The zero-order valence-electron chi connectivity index (χ0n) is 13.5. The Bertz CT molecular complexity index is 531. The summed E-state index contributed by atoms with van der Waals surface area (Å²) in [6.07, 6.45) is 3.80. The van der Waals surface area contributed by atoms with Crippen LogP contribution in [0, 0.1) is 6.92 Å². The van der Waals surface area contributed by atoms with Crippen LogP contribution < -0.4 is 0 Å². The highest BCUT2D eigenvalue weighted by atomic mass is 16.5. The van der Waals surface area contributed by atoms with Gasteiger partial charge >= 0.3 is 0 Å². The maximum absolute atomic E-state index is 12.8. The molecule has 0 N–H and O–H groups in total. The third-order valence-corrected chi connectivity index (χ3v) is 4.86. The predicted molar refractivity (Wildman–Crippen MR) is 84.8 cm³/mol. The van der Waals surface area contributed by atoms with Crippen molar-refractivity contribution in [1.29, 1.82) is 0 Å². The van der Waals surface area contributed by atoms with Crippen LogP contribution in [0.1, 0.15) is 30.4 Å². The van der Waals surface area contributed by atoms with E-state index in [1.807, 2.05) is 17.0 Å². The fourth-order valence-corrected chi connectivity index (χ4v) is 3.69. The van der Waals surface area contributed by atoms with Gasteiger partial charge in [-0.05, 0) is 31.7 Å². The van der Waals surface area contributed by atoms with E-state index in [2.05, 4.69) is 19.1 Å². The number of methoxy groups -OCH3 is 1. The van der Waals surface area contributed by atoms with Gasteiger partial charge in [0.15, 0.2) is 0 Å². The number of amides is 1. The first-order valence-corrected chi connectivity index (χ1v) is 8.17. The topological polar surface area (TPSA) is 38.8 Å². The van der Waals surface area contributed by atoms with Crippen LogP contribution in [0.3, 0.4) is 0 Å². The maximum Gasteiger partial charge on any atom is 0.227 e. The van der Waals surface area contributed by atoms with Crippen molar-refractivity contribution < 1.29 is 14.3 Å². The molecule has 0 radical (unpaired) electrons. The van der Waals surface area contributed by atoms with E-state index < -0.39 is 0 Å². The summed E-state index contributed by atoms with van der Waals surface area (Å²) in [5.41, 5.74) is 2.29. The summed E-state index contributed by atoms with van der Waals surface area (Å²) >= 11 is 0. The summed E-state index contributed by atoms with van der Waals surface area (Å²) in [4.78, 5) is 14.8. The van der Waals surface area contributed by atoms with Gasteiger partial charge < -0.3 is 14.4 Å². The lowest BCUT2D eigenvalue weighted by molar-refractivity contribution is -0.154. The van der Waals surface area contributed by atoms with Crippen LogP contribution in [-0.4, -0.2) is 49.3 Å². The lowest BCUT2D eigenvalue weighted by atomic mass is 9.87. The van der Waals surface area contributed by atoms with Gasteiger partial charge in [-0.25, -0.2) is 0 Å². The highest BCUT2D eigenvalue weighted by Crippen LogP contribution is 2.30. The van der Waals surface area contributed by atoms with Gasteiger partial charge in [0.25, 0.3) is 0 Å². The van der Waals surface area contributed by atoms with Gasteiger partial charge in [0.05, 0.1) is 31.3 Å². The standard InChI is InChI=1S/C18H25NO3/c1-13-4-3-5-14(10-13)11-18(20)19-8-9-22-17-7-6-15(21-2)12-16(17)19/h3-5,10,15-17H,6-9,11-12H2,1-2H3/t15-,16+,17-/m0/s1. The van der Waals surface area contributed by atoms with Crippen molar-refractivity contribution in [2.45, 2.75) is 50.9 Å². The molecular formula is C18H25NO3. The Morgan fingerprint density at radius 2 is 2.27 bits per heavy atom. The number of ether oxygens (including phenoxy) is 2. The van der Waals surface area contributed by atoms with Crippen LogP contribution in [0.5, 0.6) is 0 Å². The van der Waals surface area contributed by atoms with Gasteiger partial charge in [0, 0.05) is 13.7 Å². The molecule has 0 aromatic heterocycles. The molecule has 1 amide bonds. The lowest BCUT2D eigenvalue weighted by Gasteiger charge is -2.45. The molecule has 0 bridgehead atoms. The third kappa shape index (κ3) is 3.33. The van der Waals surface area contributed by atoms with Crippen molar-refractivity contribution in [2.75, 3.05) is 20.3 Å². The number of hydrogen-bond acceptors (Lipinski definition) is 3. The molecule has 2 aliphatic rings. The van der Waals surface area contributed by atoms with Crippen molar-refractivity contribution >= 4 is 5.91 Å². The Morgan fingerprint density at radius 1 is 1.41 bits per heavy atom. The Hall–Kier alpha value is -1.39. The van der Waals surface area contributed by atoms with E-state index in [0.717, 1.165) is 24.8 Å². The quantitative estimate of drug-likeness (QED) is 0.860. The number of aryl methyl sites for hydroxylation is 1. The highest BCUT2D eigenvalue weighted by molar-refractivity contribution is 5.79. The van der Waals surface area contributed by atoms with E-state index in [-0.39, 0.29) is 24.2 Å². The van der Waals surface area contributed by atoms with Crippen molar-refractivity contribution in [3.63, 3.8) is 0 Å². The number of rotatable bonds is 3. The van der Waals surface area contributed by atoms with Gasteiger partial charge in [-0.15, -0.1) is 0 Å². The number of morpholine rings is 1. The molecule has 1 heterocycles. The monoisotopic (exact) mass is 303 g/mol. The summed E-state index contributed by atoms with van der Waals surface area (Å²) in [6.45, 7) is 3.41. The molecule has 1 aliphatic carbocycles. The second-order valence-corrected chi connectivity index (χ2v) is 6.40. The van der Waals surface area contributed by atoms with Crippen LogP contribution in [0.2, 0.25) is 0 Å². The highest BCUT2D eigenvalue weighted by Gasteiger charge is 2.39. The van der Waals surface area contributed by atoms with Crippen LogP contribution in [-0.2, 0) is 20.7 Å². The number of carbonyl (C=O) groups excluding carboxylic acids is 1. The number of carbonyl (C=O) groups is 1. The van der Waals surface area contributed by atoms with Gasteiger partial charge in [-0.1, -0.05) is 29.8 Å². The zero-order valence-corrected chi connectivity index (χ0v) is 13.5.